The van der Waals surface area contributed by atoms with E-state index in [1.54, 1.807) is 14.2 Å². The summed E-state index contributed by atoms with van der Waals surface area (Å²) >= 11 is 0. The van der Waals surface area contributed by atoms with Crippen molar-refractivity contribution in [3.63, 3.8) is 0 Å². The lowest BCUT2D eigenvalue weighted by atomic mass is 10.1. The van der Waals surface area contributed by atoms with Crippen molar-refractivity contribution in [3.05, 3.63) is 0 Å². The summed E-state index contributed by atoms with van der Waals surface area (Å²) in [6, 6.07) is 0.516. The number of rotatable bonds is 5. The van der Waals surface area contributed by atoms with Crippen molar-refractivity contribution < 1.29 is 4.74 Å². The van der Waals surface area contributed by atoms with Crippen LogP contribution in [0.15, 0.2) is 4.99 Å². The number of hydrogen-bond acceptors (Lipinski definition) is 4. The van der Waals surface area contributed by atoms with E-state index in [-0.39, 0.29) is 29.6 Å². The highest BCUT2D eigenvalue weighted by molar-refractivity contribution is 14.0. The lowest BCUT2D eigenvalue weighted by Crippen LogP contribution is -2.56. The van der Waals surface area contributed by atoms with Crippen molar-refractivity contribution in [2.24, 2.45) is 4.99 Å². The van der Waals surface area contributed by atoms with E-state index < -0.39 is 0 Å². The number of methoxy groups -OCH3 is 1. The Morgan fingerprint density at radius 1 is 1.29 bits per heavy atom. The van der Waals surface area contributed by atoms with E-state index in [0.29, 0.717) is 6.04 Å². The van der Waals surface area contributed by atoms with Crippen molar-refractivity contribution in [2.75, 3.05) is 61.0 Å². The molecule has 7 heteroatoms. The van der Waals surface area contributed by atoms with Gasteiger partial charge in [-0.3, -0.25) is 9.89 Å². The molecule has 21 heavy (non-hydrogen) atoms. The molecule has 0 saturated carbocycles. The Balaban J connectivity index is 0.00000400. The van der Waals surface area contributed by atoms with Crippen LogP contribution in [-0.4, -0.2) is 88.4 Å². The minimum absolute atomic E-state index is 0. The maximum Gasteiger partial charge on any atom is 0.191 e. The summed E-state index contributed by atoms with van der Waals surface area (Å²) in [4.78, 5) is 9.03. The molecule has 0 aromatic carbocycles. The van der Waals surface area contributed by atoms with Crippen LogP contribution >= 0.6 is 24.0 Å². The molecule has 1 aliphatic rings. The van der Waals surface area contributed by atoms with Crippen LogP contribution in [0.3, 0.4) is 0 Å². The standard InChI is InChI=1S/C14H31N5O.HI/c1-14(2,20-6)11-17-13(15-3)16-9-12-10-18(4)7-8-19(12)5;/h12H,7-11H2,1-6H3,(H2,15,16,17);1H. The van der Waals surface area contributed by atoms with Gasteiger partial charge in [-0.15, -0.1) is 24.0 Å². The molecule has 126 valence electrons. The molecule has 0 aromatic rings. The molecule has 1 saturated heterocycles. The second kappa shape index (κ2) is 9.81. The van der Waals surface area contributed by atoms with Crippen molar-refractivity contribution in [2.45, 2.75) is 25.5 Å². The smallest absolute Gasteiger partial charge is 0.191 e. The quantitative estimate of drug-likeness (QED) is 0.389. The minimum atomic E-state index is -0.195. The van der Waals surface area contributed by atoms with Gasteiger partial charge in [0.2, 0.25) is 0 Å². The van der Waals surface area contributed by atoms with Crippen molar-refractivity contribution >= 4 is 29.9 Å². The average Bonchev–Trinajstić information content (AvgIpc) is 2.42. The zero-order chi connectivity index (χ0) is 15.2. The van der Waals surface area contributed by atoms with Crippen LogP contribution in [0.1, 0.15) is 13.8 Å². The van der Waals surface area contributed by atoms with E-state index in [1.165, 1.54) is 0 Å². The van der Waals surface area contributed by atoms with Crippen molar-refractivity contribution in [1.82, 2.24) is 20.4 Å². The van der Waals surface area contributed by atoms with Gasteiger partial charge in [0.25, 0.3) is 0 Å². The molecule has 1 heterocycles. The van der Waals surface area contributed by atoms with Crippen molar-refractivity contribution in [3.8, 4) is 0 Å². The highest BCUT2D eigenvalue weighted by Crippen LogP contribution is 2.05. The summed E-state index contributed by atoms with van der Waals surface area (Å²) in [5.41, 5.74) is -0.195. The summed E-state index contributed by atoms with van der Waals surface area (Å²) in [5.74, 6) is 0.830. The van der Waals surface area contributed by atoms with E-state index >= 15 is 0 Å². The van der Waals surface area contributed by atoms with E-state index in [1.807, 2.05) is 0 Å². The molecule has 1 fully saturated rings. The number of halogens is 1. The van der Waals surface area contributed by atoms with Gasteiger partial charge in [0.1, 0.15) is 0 Å². The van der Waals surface area contributed by atoms with Crippen LogP contribution in [0.2, 0.25) is 0 Å². The van der Waals surface area contributed by atoms with Crippen LogP contribution < -0.4 is 10.6 Å². The first-order chi connectivity index (χ1) is 9.38. The molecular formula is C14H32IN5O. The van der Waals surface area contributed by atoms with E-state index in [9.17, 15) is 0 Å². The van der Waals surface area contributed by atoms with Gasteiger partial charge in [0, 0.05) is 52.9 Å². The average molecular weight is 413 g/mol. The maximum absolute atomic E-state index is 5.40. The number of nitrogens with one attached hydrogen (secondary N) is 2. The Hall–Kier alpha value is -0.120. The van der Waals surface area contributed by atoms with Gasteiger partial charge in [0.05, 0.1) is 5.60 Å². The molecule has 6 nitrogen and oxygen atoms in total. The molecular weight excluding hydrogens is 381 g/mol. The maximum atomic E-state index is 5.40. The van der Waals surface area contributed by atoms with Gasteiger partial charge >= 0.3 is 0 Å². The second-order valence-corrected chi connectivity index (χ2v) is 6.17. The predicted octanol–water partition coefficient (Wildman–Crippen LogP) is 0.440. The lowest BCUT2D eigenvalue weighted by molar-refractivity contribution is 0.0268. The fourth-order valence-electron chi connectivity index (χ4n) is 2.13. The van der Waals surface area contributed by atoms with Gasteiger partial charge in [-0.05, 0) is 27.9 Å². The normalized spacial score (nSPS) is 21.8. The fourth-order valence-corrected chi connectivity index (χ4v) is 2.13. The number of likely N-dealkylation sites (N-methyl/N-ethyl adjacent to an activating group) is 2. The van der Waals surface area contributed by atoms with E-state index in [4.69, 9.17) is 4.74 Å². The second-order valence-electron chi connectivity index (χ2n) is 6.17. The summed E-state index contributed by atoms with van der Waals surface area (Å²) in [6.45, 7) is 9.07. The zero-order valence-electron chi connectivity index (χ0n) is 14.3. The molecule has 1 aliphatic heterocycles. The summed E-state index contributed by atoms with van der Waals surface area (Å²) < 4.78 is 5.40. The van der Waals surface area contributed by atoms with Gasteiger partial charge < -0.3 is 20.3 Å². The highest BCUT2D eigenvalue weighted by atomic mass is 127. The van der Waals surface area contributed by atoms with Gasteiger partial charge in [-0.25, -0.2) is 0 Å². The number of hydrogen-bond donors (Lipinski definition) is 2. The number of nitrogens with zero attached hydrogens (tertiary/aromatic N) is 3. The topological polar surface area (TPSA) is 52.1 Å². The SMILES string of the molecule is CN=C(NCC1CN(C)CCN1C)NCC(C)(C)OC.I. The van der Waals surface area contributed by atoms with E-state index in [0.717, 1.165) is 38.7 Å². The van der Waals surface area contributed by atoms with Gasteiger partial charge in [-0.2, -0.15) is 0 Å². The molecule has 2 N–H and O–H groups in total. The Kier molecular flexibility index (Phi) is 9.75. The summed E-state index contributed by atoms with van der Waals surface area (Å²) in [6.07, 6.45) is 0. The molecule has 1 rings (SSSR count). The van der Waals surface area contributed by atoms with Crippen LogP contribution in [-0.2, 0) is 4.74 Å². The number of aliphatic imine (C=N–C) groups is 1. The molecule has 1 unspecified atom stereocenters. The molecule has 0 bridgehead atoms. The Morgan fingerprint density at radius 3 is 2.52 bits per heavy atom. The summed E-state index contributed by atoms with van der Waals surface area (Å²) in [7, 11) is 7.88. The first-order valence-electron chi connectivity index (χ1n) is 7.26. The Bertz CT molecular complexity index is 324. The van der Waals surface area contributed by atoms with Crippen LogP contribution in [0.25, 0.3) is 0 Å². The highest BCUT2D eigenvalue weighted by Gasteiger charge is 2.22. The Morgan fingerprint density at radius 2 is 1.95 bits per heavy atom. The first-order valence-corrected chi connectivity index (χ1v) is 7.26. The Labute approximate surface area is 146 Å². The van der Waals surface area contributed by atoms with Gasteiger partial charge in [-0.1, -0.05) is 0 Å². The zero-order valence-corrected chi connectivity index (χ0v) is 16.6. The first kappa shape index (κ1) is 20.9. The number of guanidine groups is 1. The van der Waals surface area contributed by atoms with Crippen LogP contribution in [0.5, 0.6) is 0 Å². The monoisotopic (exact) mass is 413 g/mol. The van der Waals surface area contributed by atoms with Crippen LogP contribution in [0, 0.1) is 0 Å². The molecule has 0 amide bonds. The van der Waals surface area contributed by atoms with Gasteiger partial charge in [0.15, 0.2) is 5.96 Å². The third-order valence-corrected chi connectivity index (χ3v) is 3.94. The third-order valence-electron chi connectivity index (χ3n) is 3.94. The molecule has 0 aromatic heterocycles. The molecule has 0 radical (unpaired) electrons. The largest absolute Gasteiger partial charge is 0.377 e. The minimum Gasteiger partial charge on any atom is -0.377 e. The number of piperazine rings is 1. The predicted molar refractivity (Wildman–Crippen MR) is 99.8 cm³/mol. The molecule has 1 atom stereocenters. The fraction of sp³-hybridized carbons (Fsp3) is 0.929. The van der Waals surface area contributed by atoms with Crippen molar-refractivity contribution in [1.29, 1.82) is 0 Å². The van der Waals surface area contributed by atoms with Crippen LogP contribution in [0.4, 0.5) is 0 Å². The molecule has 0 aliphatic carbocycles. The lowest BCUT2D eigenvalue weighted by Gasteiger charge is -2.38. The summed E-state index contributed by atoms with van der Waals surface area (Å²) in [5, 5.41) is 6.71. The molecule has 0 spiro atoms. The number of ether oxygens (including phenoxy) is 1. The third kappa shape index (κ3) is 7.62. The van der Waals surface area contributed by atoms with E-state index in [2.05, 4.69) is 53.4 Å².